The molecule has 29 heavy (non-hydrogen) atoms. The van der Waals surface area contributed by atoms with E-state index in [4.69, 9.17) is 0 Å². The molecule has 4 rings (SSSR count). The van der Waals surface area contributed by atoms with Crippen molar-refractivity contribution in [3.63, 3.8) is 0 Å². The number of hydrogen-bond donors (Lipinski definition) is 1. The molecular formula is C24H25N3OS. The van der Waals surface area contributed by atoms with Gasteiger partial charge in [-0.2, -0.15) is 0 Å². The van der Waals surface area contributed by atoms with Crippen LogP contribution in [-0.4, -0.2) is 9.38 Å². The number of nitrogens with one attached hydrogen (secondary N) is 1. The van der Waals surface area contributed by atoms with Crippen molar-refractivity contribution in [2.24, 2.45) is 0 Å². The fourth-order valence-corrected chi connectivity index (χ4v) is 4.39. The molecule has 0 aliphatic rings. The van der Waals surface area contributed by atoms with Crippen molar-refractivity contribution < 1.29 is 0 Å². The highest BCUT2D eigenvalue weighted by atomic mass is 32.1. The van der Waals surface area contributed by atoms with Crippen LogP contribution in [0.15, 0.2) is 71.0 Å². The van der Waals surface area contributed by atoms with Crippen molar-refractivity contribution in [3.05, 3.63) is 104 Å². The highest BCUT2D eigenvalue weighted by Crippen LogP contribution is 2.27. The van der Waals surface area contributed by atoms with Crippen LogP contribution in [0.3, 0.4) is 0 Å². The standard InChI is InChI=1S/C24H25N3OS/c1-3-5-18-8-10-19(11-9-18)24(21-6-4-13-29-21)25-15-20-14-23(28)27-16-17(2)7-12-22(27)26-20/h4,6-14,16,24-25H,3,5,15H2,1-2H3/t24-/m0/s1. The Labute approximate surface area is 174 Å². The van der Waals surface area contributed by atoms with Crippen molar-refractivity contribution in [3.8, 4) is 0 Å². The summed E-state index contributed by atoms with van der Waals surface area (Å²) in [5, 5.41) is 5.70. The third-order valence-corrected chi connectivity index (χ3v) is 5.96. The Bertz CT molecular complexity index is 1150. The molecule has 0 aliphatic carbocycles. The minimum absolute atomic E-state index is 0.0490. The normalized spacial score (nSPS) is 12.3. The van der Waals surface area contributed by atoms with Gasteiger partial charge in [0.25, 0.3) is 5.56 Å². The molecule has 0 amide bonds. The maximum absolute atomic E-state index is 12.5. The van der Waals surface area contributed by atoms with Crippen LogP contribution in [0.5, 0.6) is 0 Å². The van der Waals surface area contributed by atoms with Gasteiger partial charge in [-0.15, -0.1) is 11.3 Å². The van der Waals surface area contributed by atoms with E-state index >= 15 is 0 Å². The lowest BCUT2D eigenvalue weighted by molar-refractivity contribution is 0.603. The molecule has 1 atom stereocenters. The lowest BCUT2D eigenvalue weighted by Crippen LogP contribution is -2.24. The van der Waals surface area contributed by atoms with Crippen molar-refractivity contribution in [1.82, 2.24) is 14.7 Å². The average Bonchev–Trinajstić information content (AvgIpc) is 3.25. The summed E-state index contributed by atoms with van der Waals surface area (Å²) in [5.74, 6) is 0. The number of benzene rings is 1. The van der Waals surface area contributed by atoms with E-state index in [1.54, 1.807) is 21.8 Å². The zero-order valence-electron chi connectivity index (χ0n) is 16.8. The Morgan fingerprint density at radius 1 is 1.14 bits per heavy atom. The number of pyridine rings is 1. The van der Waals surface area contributed by atoms with Gasteiger partial charge in [0.1, 0.15) is 5.65 Å². The Morgan fingerprint density at radius 3 is 2.69 bits per heavy atom. The first-order chi connectivity index (χ1) is 14.1. The number of aromatic nitrogens is 2. The summed E-state index contributed by atoms with van der Waals surface area (Å²) >= 11 is 1.73. The lowest BCUT2D eigenvalue weighted by Gasteiger charge is -2.18. The number of nitrogens with zero attached hydrogens (tertiary/aromatic N) is 2. The van der Waals surface area contributed by atoms with Crippen LogP contribution < -0.4 is 10.9 Å². The Kier molecular flexibility index (Phi) is 5.88. The van der Waals surface area contributed by atoms with Gasteiger partial charge >= 0.3 is 0 Å². The number of rotatable bonds is 7. The molecule has 3 aromatic heterocycles. The predicted octanol–water partition coefficient (Wildman–Crippen LogP) is 4.90. The van der Waals surface area contributed by atoms with E-state index in [-0.39, 0.29) is 11.6 Å². The van der Waals surface area contributed by atoms with E-state index in [0.717, 1.165) is 24.1 Å². The Hall–Kier alpha value is -2.76. The molecule has 0 radical (unpaired) electrons. The molecule has 1 aromatic carbocycles. The van der Waals surface area contributed by atoms with E-state index < -0.39 is 0 Å². The van der Waals surface area contributed by atoms with Crippen LogP contribution in [-0.2, 0) is 13.0 Å². The first kappa shape index (κ1) is 19.6. The smallest absolute Gasteiger partial charge is 0.258 e. The summed E-state index contributed by atoms with van der Waals surface area (Å²) < 4.78 is 1.60. The first-order valence-electron chi connectivity index (χ1n) is 9.98. The van der Waals surface area contributed by atoms with E-state index in [0.29, 0.717) is 12.2 Å². The van der Waals surface area contributed by atoms with Gasteiger partial charge in [0.15, 0.2) is 0 Å². The van der Waals surface area contributed by atoms with Crippen molar-refractivity contribution in [2.45, 2.75) is 39.3 Å². The molecule has 0 fully saturated rings. The predicted molar refractivity (Wildman–Crippen MR) is 120 cm³/mol. The minimum Gasteiger partial charge on any atom is -0.300 e. The molecular weight excluding hydrogens is 378 g/mol. The summed E-state index contributed by atoms with van der Waals surface area (Å²) in [6.07, 6.45) is 4.07. The summed E-state index contributed by atoms with van der Waals surface area (Å²) in [6.45, 7) is 4.70. The Morgan fingerprint density at radius 2 is 1.97 bits per heavy atom. The molecule has 0 saturated heterocycles. The van der Waals surface area contributed by atoms with Gasteiger partial charge < -0.3 is 0 Å². The fourth-order valence-electron chi connectivity index (χ4n) is 3.56. The molecule has 1 N–H and O–H groups in total. The molecule has 3 heterocycles. The highest BCUT2D eigenvalue weighted by molar-refractivity contribution is 7.10. The quantitative estimate of drug-likeness (QED) is 0.478. The van der Waals surface area contributed by atoms with Crippen LogP contribution >= 0.6 is 11.3 Å². The molecule has 4 aromatic rings. The van der Waals surface area contributed by atoms with Crippen LogP contribution in [0.4, 0.5) is 0 Å². The zero-order chi connectivity index (χ0) is 20.2. The number of aryl methyl sites for hydroxylation is 2. The van der Waals surface area contributed by atoms with Crippen LogP contribution in [0.25, 0.3) is 5.65 Å². The lowest BCUT2D eigenvalue weighted by atomic mass is 10.0. The van der Waals surface area contributed by atoms with Crippen LogP contribution in [0.1, 0.15) is 46.6 Å². The van der Waals surface area contributed by atoms with E-state index in [1.807, 2.05) is 25.3 Å². The number of hydrogen-bond acceptors (Lipinski definition) is 4. The molecule has 0 spiro atoms. The molecule has 148 valence electrons. The number of fused-ring (bicyclic) bond motifs is 1. The monoisotopic (exact) mass is 403 g/mol. The van der Waals surface area contributed by atoms with Crippen molar-refractivity contribution in [2.75, 3.05) is 0 Å². The zero-order valence-corrected chi connectivity index (χ0v) is 17.6. The van der Waals surface area contributed by atoms with Gasteiger partial charge in [0.2, 0.25) is 0 Å². The van der Waals surface area contributed by atoms with Gasteiger partial charge in [-0.25, -0.2) is 4.98 Å². The van der Waals surface area contributed by atoms with Gasteiger partial charge in [0, 0.05) is 23.7 Å². The third kappa shape index (κ3) is 4.47. The summed E-state index contributed by atoms with van der Waals surface area (Å²) in [7, 11) is 0. The Balaban J connectivity index is 1.59. The van der Waals surface area contributed by atoms with Gasteiger partial charge in [-0.05, 0) is 47.5 Å². The molecule has 0 saturated carbocycles. The van der Waals surface area contributed by atoms with E-state index in [9.17, 15) is 4.79 Å². The van der Waals surface area contributed by atoms with Gasteiger partial charge in [-0.3, -0.25) is 14.5 Å². The minimum atomic E-state index is -0.0490. The second kappa shape index (κ2) is 8.72. The highest BCUT2D eigenvalue weighted by Gasteiger charge is 2.15. The third-order valence-electron chi connectivity index (χ3n) is 5.03. The fraction of sp³-hybridized carbons (Fsp3) is 0.250. The molecule has 5 heteroatoms. The second-order valence-corrected chi connectivity index (χ2v) is 8.32. The van der Waals surface area contributed by atoms with Gasteiger partial charge in [-0.1, -0.05) is 49.7 Å². The van der Waals surface area contributed by atoms with E-state index in [2.05, 4.69) is 59.0 Å². The summed E-state index contributed by atoms with van der Waals surface area (Å²) in [6, 6.07) is 18.6. The molecule has 4 nitrogen and oxygen atoms in total. The molecule has 0 bridgehead atoms. The SMILES string of the molecule is CCCc1ccc([C@H](NCc2cc(=O)n3cc(C)ccc3n2)c2cccs2)cc1. The van der Waals surface area contributed by atoms with Crippen molar-refractivity contribution >= 4 is 17.0 Å². The maximum Gasteiger partial charge on any atom is 0.258 e. The summed E-state index contributed by atoms with van der Waals surface area (Å²) in [4.78, 5) is 18.4. The first-order valence-corrected chi connectivity index (χ1v) is 10.9. The van der Waals surface area contributed by atoms with Crippen LogP contribution in [0, 0.1) is 6.92 Å². The van der Waals surface area contributed by atoms with Crippen molar-refractivity contribution in [1.29, 1.82) is 0 Å². The van der Waals surface area contributed by atoms with Gasteiger partial charge in [0.05, 0.1) is 11.7 Å². The van der Waals surface area contributed by atoms with Crippen LogP contribution in [0.2, 0.25) is 0 Å². The average molecular weight is 404 g/mol. The number of thiophene rings is 1. The topological polar surface area (TPSA) is 46.4 Å². The summed E-state index contributed by atoms with van der Waals surface area (Å²) in [5.41, 5.74) is 5.00. The molecule has 0 aliphatic heterocycles. The second-order valence-electron chi connectivity index (χ2n) is 7.34. The molecule has 0 unspecified atom stereocenters. The maximum atomic E-state index is 12.5. The largest absolute Gasteiger partial charge is 0.300 e. The van der Waals surface area contributed by atoms with E-state index in [1.165, 1.54) is 16.0 Å².